The molecule has 0 aliphatic carbocycles. The largest absolute Gasteiger partial charge is 0.336 e. The lowest BCUT2D eigenvalue weighted by atomic mass is 10.1. The number of aromatic nitrogens is 4. The van der Waals surface area contributed by atoms with Gasteiger partial charge < -0.3 is 14.0 Å². The lowest BCUT2D eigenvalue weighted by Crippen LogP contribution is -2.40. The second-order valence-electron chi connectivity index (χ2n) is 7.88. The number of imidazole rings is 1. The summed E-state index contributed by atoms with van der Waals surface area (Å²) in [5.74, 6) is 2.49. The van der Waals surface area contributed by atoms with Gasteiger partial charge in [-0.15, -0.1) is 6.42 Å². The van der Waals surface area contributed by atoms with Crippen LogP contribution in [-0.4, -0.2) is 38.5 Å². The van der Waals surface area contributed by atoms with Gasteiger partial charge >= 0.3 is 13.3 Å². The van der Waals surface area contributed by atoms with Gasteiger partial charge in [-0.25, -0.2) is 18.7 Å². The van der Waals surface area contributed by atoms with Gasteiger partial charge in [0.1, 0.15) is 17.2 Å². The molecule has 0 amide bonds. The molecule has 0 saturated heterocycles. The minimum atomic E-state index is -3.19. The van der Waals surface area contributed by atoms with Crippen molar-refractivity contribution in [1.82, 2.24) is 19.1 Å². The van der Waals surface area contributed by atoms with Gasteiger partial charge in [-0.2, -0.15) is 0 Å². The smallest absolute Gasteiger partial charge is 0.333 e. The van der Waals surface area contributed by atoms with Crippen LogP contribution < -0.4 is 11.2 Å². The molecule has 3 rings (SSSR count). The van der Waals surface area contributed by atoms with Crippen molar-refractivity contribution < 1.29 is 18.0 Å². The summed E-state index contributed by atoms with van der Waals surface area (Å²) >= 11 is 0. The zero-order valence-corrected chi connectivity index (χ0v) is 20.9. The fourth-order valence-electron chi connectivity index (χ4n) is 3.85. The van der Waals surface area contributed by atoms with E-state index < -0.39 is 18.8 Å². The van der Waals surface area contributed by atoms with E-state index in [1.807, 2.05) is 0 Å². The summed E-state index contributed by atoms with van der Waals surface area (Å²) in [4.78, 5) is 33.4. The Balaban J connectivity index is 1.86. The zero-order valence-electron chi connectivity index (χ0n) is 20.0. The highest BCUT2D eigenvalue weighted by atomic mass is 31.2. The number of aromatic amines is 1. The number of fused-ring (bicyclic) bond motifs is 1. The molecule has 0 radical (unpaired) electrons. The second-order valence-corrected chi connectivity index (χ2v) is 10.1. The standard InChI is InChI=1S/C24H30FN4O5P/c1-4-15-29-23(30)21-22(27-20(26-21)14-13-18-11-7-8-12-19(18)25)28(24(29)31)16-9-10-17-35(32,33-5-2)34-6-3/h1,7-8,11-12H,5-6,9-10,13-17H2,2-3H3,(H,26,27). The van der Waals surface area contributed by atoms with Crippen LogP contribution in [0.25, 0.3) is 11.2 Å². The van der Waals surface area contributed by atoms with Crippen molar-refractivity contribution in [3.8, 4) is 12.3 Å². The van der Waals surface area contributed by atoms with E-state index in [9.17, 15) is 18.5 Å². The first-order chi connectivity index (χ1) is 16.8. The van der Waals surface area contributed by atoms with Crippen molar-refractivity contribution in [1.29, 1.82) is 0 Å². The van der Waals surface area contributed by atoms with Crippen LogP contribution in [0.2, 0.25) is 0 Å². The molecule has 1 N–H and O–H groups in total. The number of terminal acetylenes is 1. The van der Waals surface area contributed by atoms with Gasteiger partial charge in [0.05, 0.1) is 25.9 Å². The van der Waals surface area contributed by atoms with Crippen molar-refractivity contribution >= 4 is 18.8 Å². The maximum Gasteiger partial charge on any atom is 0.333 e. The molecule has 0 bridgehead atoms. The number of rotatable bonds is 13. The first kappa shape index (κ1) is 26.6. The average molecular weight is 504 g/mol. The molecular weight excluding hydrogens is 474 g/mol. The predicted octanol–water partition coefficient (Wildman–Crippen LogP) is 3.49. The van der Waals surface area contributed by atoms with E-state index in [0.717, 1.165) is 4.57 Å². The summed E-state index contributed by atoms with van der Waals surface area (Å²) in [6.07, 6.45) is 7.26. The van der Waals surface area contributed by atoms with Gasteiger partial charge in [-0.05, 0) is 44.7 Å². The van der Waals surface area contributed by atoms with Crippen molar-refractivity contribution in [3.63, 3.8) is 0 Å². The number of halogens is 1. The molecule has 0 aliphatic rings. The van der Waals surface area contributed by atoms with Crippen LogP contribution in [0.15, 0.2) is 33.9 Å². The third-order valence-electron chi connectivity index (χ3n) is 5.46. The van der Waals surface area contributed by atoms with Crippen LogP contribution in [0.4, 0.5) is 4.39 Å². The van der Waals surface area contributed by atoms with Gasteiger partial charge in [0.25, 0.3) is 5.56 Å². The monoisotopic (exact) mass is 504 g/mol. The first-order valence-electron chi connectivity index (χ1n) is 11.6. The Hall–Kier alpha value is -2.99. The molecule has 9 nitrogen and oxygen atoms in total. The van der Waals surface area contributed by atoms with Crippen LogP contribution in [0.5, 0.6) is 0 Å². The summed E-state index contributed by atoms with van der Waals surface area (Å²) in [6.45, 7) is 4.10. The van der Waals surface area contributed by atoms with Gasteiger partial charge in [0.15, 0.2) is 5.65 Å². The maximum atomic E-state index is 14.0. The van der Waals surface area contributed by atoms with Gasteiger partial charge in [-0.3, -0.25) is 13.9 Å². The number of nitrogens with one attached hydrogen (secondary N) is 1. The minimum Gasteiger partial charge on any atom is -0.336 e. The number of hydrogen-bond donors (Lipinski definition) is 1. The highest BCUT2D eigenvalue weighted by Gasteiger charge is 2.23. The van der Waals surface area contributed by atoms with E-state index in [1.54, 1.807) is 32.0 Å². The van der Waals surface area contributed by atoms with E-state index >= 15 is 0 Å². The summed E-state index contributed by atoms with van der Waals surface area (Å²) in [7, 11) is -3.19. The Morgan fingerprint density at radius 1 is 1.11 bits per heavy atom. The molecule has 0 unspecified atom stereocenters. The molecule has 0 aliphatic heterocycles. The number of nitrogens with zero attached hydrogens (tertiary/aromatic N) is 3. The Morgan fingerprint density at radius 2 is 1.83 bits per heavy atom. The molecule has 0 saturated carbocycles. The van der Waals surface area contributed by atoms with Crippen molar-refractivity contribution in [2.24, 2.45) is 0 Å². The average Bonchev–Trinajstić information content (AvgIpc) is 3.25. The Kier molecular flexibility index (Phi) is 9.21. The second kappa shape index (κ2) is 12.1. The topological polar surface area (TPSA) is 108 Å². The molecule has 0 atom stereocenters. The fourth-order valence-corrected chi connectivity index (χ4v) is 5.58. The molecular formula is C24H30FN4O5P. The summed E-state index contributed by atoms with van der Waals surface area (Å²) in [5, 5.41) is 0. The van der Waals surface area contributed by atoms with E-state index in [2.05, 4.69) is 15.9 Å². The predicted molar refractivity (Wildman–Crippen MR) is 132 cm³/mol. The van der Waals surface area contributed by atoms with Crippen molar-refractivity contribution in [2.75, 3.05) is 19.4 Å². The first-order valence-corrected chi connectivity index (χ1v) is 13.3. The molecule has 0 spiro atoms. The van der Waals surface area contributed by atoms with E-state index in [0.29, 0.717) is 37.1 Å². The normalized spacial score (nSPS) is 11.7. The summed E-state index contributed by atoms with van der Waals surface area (Å²) < 4.78 is 39.7. The minimum absolute atomic E-state index is 0.165. The molecule has 1 aromatic carbocycles. The number of aryl methyl sites for hydroxylation is 3. The molecule has 3 aromatic rings. The van der Waals surface area contributed by atoms with Gasteiger partial charge in [0.2, 0.25) is 0 Å². The highest BCUT2D eigenvalue weighted by molar-refractivity contribution is 7.53. The Morgan fingerprint density at radius 3 is 2.49 bits per heavy atom. The molecule has 11 heteroatoms. The van der Waals surface area contributed by atoms with Crippen LogP contribution in [0.3, 0.4) is 0 Å². The van der Waals surface area contributed by atoms with E-state index in [-0.39, 0.29) is 49.4 Å². The maximum absolute atomic E-state index is 14.0. The van der Waals surface area contributed by atoms with Crippen molar-refractivity contribution in [2.45, 2.75) is 52.6 Å². The third-order valence-corrected chi connectivity index (χ3v) is 7.63. The molecule has 2 aromatic heterocycles. The molecule has 2 heterocycles. The Labute approximate surface area is 202 Å². The molecule has 35 heavy (non-hydrogen) atoms. The number of hydrogen-bond acceptors (Lipinski definition) is 6. The van der Waals surface area contributed by atoms with E-state index in [4.69, 9.17) is 15.5 Å². The van der Waals surface area contributed by atoms with Crippen LogP contribution in [0.1, 0.15) is 38.1 Å². The zero-order chi connectivity index (χ0) is 25.4. The number of unbranched alkanes of at least 4 members (excludes halogenated alkanes) is 1. The Bertz CT molecular complexity index is 1360. The lowest BCUT2D eigenvalue weighted by Gasteiger charge is -2.17. The van der Waals surface area contributed by atoms with Crippen molar-refractivity contribution in [3.05, 3.63) is 62.3 Å². The van der Waals surface area contributed by atoms with Crippen LogP contribution >= 0.6 is 7.60 Å². The summed E-state index contributed by atoms with van der Waals surface area (Å²) in [6, 6.07) is 6.45. The highest BCUT2D eigenvalue weighted by Crippen LogP contribution is 2.48. The van der Waals surface area contributed by atoms with Gasteiger partial charge in [-0.1, -0.05) is 24.1 Å². The number of benzene rings is 1. The third kappa shape index (κ3) is 6.37. The molecule has 0 fully saturated rings. The lowest BCUT2D eigenvalue weighted by molar-refractivity contribution is 0.219. The van der Waals surface area contributed by atoms with Gasteiger partial charge in [0, 0.05) is 13.0 Å². The van der Waals surface area contributed by atoms with E-state index in [1.165, 1.54) is 10.6 Å². The SMILES string of the molecule is C#CCn1c(=O)c2[nH]c(CCc3ccccc3F)nc2n(CCCCP(=O)(OCC)OCC)c1=O. The van der Waals surface area contributed by atoms with Crippen LogP contribution in [-0.2, 0) is 39.5 Å². The number of H-pyrrole nitrogens is 1. The summed E-state index contributed by atoms with van der Waals surface area (Å²) in [5.41, 5.74) is -0.207. The van der Waals surface area contributed by atoms with Crippen LogP contribution in [0, 0.1) is 18.2 Å². The quantitative estimate of drug-likeness (QED) is 0.217. The molecule has 188 valence electrons. The fraction of sp³-hybridized carbons (Fsp3) is 0.458.